The van der Waals surface area contributed by atoms with Crippen molar-refractivity contribution in [3.63, 3.8) is 0 Å². The number of benzene rings is 2. The van der Waals surface area contributed by atoms with Gasteiger partial charge in [-0.1, -0.05) is 18.2 Å². The highest BCUT2D eigenvalue weighted by Crippen LogP contribution is 2.28. The molecule has 1 amide bonds. The van der Waals surface area contributed by atoms with E-state index in [-0.39, 0.29) is 10.8 Å². The van der Waals surface area contributed by atoms with Gasteiger partial charge in [0.1, 0.15) is 0 Å². The van der Waals surface area contributed by atoms with Crippen molar-refractivity contribution < 1.29 is 17.9 Å². The Morgan fingerprint density at radius 3 is 2.84 bits per heavy atom. The highest BCUT2D eigenvalue weighted by atomic mass is 32.2. The van der Waals surface area contributed by atoms with E-state index < -0.39 is 10.0 Å². The van der Waals surface area contributed by atoms with E-state index in [0.29, 0.717) is 44.0 Å². The lowest BCUT2D eigenvalue weighted by molar-refractivity contribution is 0.102. The summed E-state index contributed by atoms with van der Waals surface area (Å²) in [6.07, 6.45) is 0.713. The molecule has 1 N–H and O–H groups in total. The van der Waals surface area contributed by atoms with Crippen molar-refractivity contribution in [1.29, 1.82) is 0 Å². The number of ether oxygens (including phenoxy) is 1. The lowest BCUT2D eigenvalue weighted by atomic mass is 10.1. The first-order chi connectivity index (χ1) is 15.0. The molecule has 0 saturated heterocycles. The Balaban J connectivity index is 1.51. The fourth-order valence-electron chi connectivity index (χ4n) is 3.54. The Hall–Kier alpha value is -2.52. The number of fused-ring (bicyclic) bond motifs is 1. The molecule has 8 heteroatoms. The Morgan fingerprint density at radius 1 is 1.16 bits per heavy atom. The van der Waals surface area contributed by atoms with Crippen molar-refractivity contribution >= 4 is 33.0 Å². The third-order valence-electron chi connectivity index (χ3n) is 5.16. The Kier molecular flexibility index (Phi) is 6.52. The average Bonchev–Trinajstić information content (AvgIpc) is 3.26. The SMILES string of the molecule is CCOCc1cccc(NC(=O)c2cccc(S(=O)(=O)N3CCc4sccc4C3)c2)c1. The molecule has 6 nitrogen and oxygen atoms in total. The van der Waals surface area contributed by atoms with E-state index in [1.807, 2.05) is 36.6 Å². The zero-order valence-electron chi connectivity index (χ0n) is 17.2. The van der Waals surface area contributed by atoms with Crippen LogP contribution in [0.15, 0.2) is 64.9 Å². The fourth-order valence-corrected chi connectivity index (χ4v) is 5.89. The number of sulfonamides is 1. The van der Waals surface area contributed by atoms with Crippen LogP contribution in [0, 0.1) is 0 Å². The van der Waals surface area contributed by atoms with Crippen LogP contribution in [0.25, 0.3) is 0 Å². The highest BCUT2D eigenvalue weighted by Gasteiger charge is 2.29. The first-order valence-electron chi connectivity index (χ1n) is 10.1. The molecule has 4 rings (SSSR count). The van der Waals surface area contributed by atoms with Gasteiger partial charge in [-0.05, 0) is 66.2 Å². The number of hydrogen-bond acceptors (Lipinski definition) is 5. The lowest BCUT2D eigenvalue weighted by Crippen LogP contribution is -2.35. The van der Waals surface area contributed by atoms with Gasteiger partial charge in [0.05, 0.1) is 11.5 Å². The number of thiophene rings is 1. The third-order valence-corrected chi connectivity index (χ3v) is 8.03. The van der Waals surface area contributed by atoms with Gasteiger partial charge in [-0.3, -0.25) is 4.79 Å². The molecule has 0 bridgehead atoms. The quantitative estimate of drug-likeness (QED) is 0.576. The molecule has 1 aliphatic rings. The zero-order valence-corrected chi connectivity index (χ0v) is 18.8. The molecule has 0 fully saturated rings. The molecule has 0 atom stereocenters. The van der Waals surface area contributed by atoms with E-state index >= 15 is 0 Å². The average molecular weight is 457 g/mol. The van der Waals surface area contributed by atoms with E-state index in [2.05, 4.69) is 5.32 Å². The van der Waals surface area contributed by atoms with Gasteiger partial charge in [0, 0.05) is 35.8 Å². The van der Waals surface area contributed by atoms with Crippen LogP contribution in [0.3, 0.4) is 0 Å². The topological polar surface area (TPSA) is 75.7 Å². The maximum absolute atomic E-state index is 13.2. The van der Waals surface area contributed by atoms with Crippen LogP contribution in [-0.2, 0) is 34.3 Å². The van der Waals surface area contributed by atoms with Crippen molar-refractivity contribution in [2.24, 2.45) is 0 Å². The summed E-state index contributed by atoms with van der Waals surface area (Å²) in [6.45, 7) is 3.82. The maximum Gasteiger partial charge on any atom is 0.255 e. The van der Waals surface area contributed by atoms with E-state index in [4.69, 9.17) is 4.74 Å². The van der Waals surface area contributed by atoms with E-state index in [0.717, 1.165) is 11.1 Å². The molecule has 1 aliphatic heterocycles. The summed E-state index contributed by atoms with van der Waals surface area (Å²) in [7, 11) is -3.69. The number of hydrogen-bond donors (Lipinski definition) is 1. The Bertz CT molecular complexity index is 1190. The monoisotopic (exact) mass is 456 g/mol. The Labute approximate surface area is 186 Å². The fraction of sp³-hybridized carbons (Fsp3) is 0.261. The first-order valence-corrected chi connectivity index (χ1v) is 12.4. The van der Waals surface area contributed by atoms with Crippen molar-refractivity contribution in [2.75, 3.05) is 18.5 Å². The van der Waals surface area contributed by atoms with Gasteiger partial charge in [-0.15, -0.1) is 11.3 Å². The molecule has 1 aromatic heterocycles. The predicted molar refractivity (Wildman–Crippen MR) is 122 cm³/mol. The molecular weight excluding hydrogens is 432 g/mol. The molecule has 0 saturated carbocycles. The van der Waals surface area contributed by atoms with E-state index in [1.165, 1.54) is 21.3 Å². The number of nitrogens with one attached hydrogen (secondary N) is 1. The van der Waals surface area contributed by atoms with Crippen LogP contribution < -0.4 is 5.32 Å². The summed E-state index contributed by atoms with van der Waals surface area (Å²) in [5, 5.41) is 4.84. The van der Waals surface area contributed by atoms with Crippen LogP contribution >= 0.6 is 11.3 Å². The van der Waals surface area contributed by atoms with Gasteiger partial charge in [0.2, 0.25) is 10.0 Å². The van der Waals surface area contributed by atoms with Gasteiger partial charge in [0.25, 0.3) is 5.91 Å². The molecule has 162 valence electrons. The van der Waals surface area contributed by atoms with Crippen LogP contribution in [0.4, 0.5) is 5.69 Å². The molecule has 0 spiro atoms. The zero-order chi connectivity index (χ0) is 21.8. The predicted octanol–water partition coefficient (Wildman–Crippen LogP) is 4.28. The summed E-state index contributed by atoms with van der Waals surface area (Å²) in [5.41, 5.74) is 2.94. The molecule has 2 heterocycles. The summed E-state index contributed by atoms with van der Waals surface area (Å²) in [4.78, 5) is 14.1. The van der Waals surface area contributed by atoms with Crippen molar-refractivity contribution in [3.8, 4) is 0 Å². The van der Waals surface area contributed by atoms with Crippen molar-refractivity contribution in [1.82, 2.24) is 4.31 Å². The summed E-state index contributed by atoms with van der Waals surface area (Å²) < 4.78 is 33.3. The normalized spacial score (nSPS) is 14.2. The van der Waals surface area contributed by atoms with Crippen molar-refractivity contribution in [2.45, 2.75) is 31.4 Å². The smallest absolute Gasteiger partial charge is 0.255 e. The highest BCUT2D eigenvalue weighted by molar-refractivity contribution is 7.89. The third kappa shape index (κ3) is 4.88. The summed E-state index contributed by atoms with van der Waals surface area (Å²) in [5.74, 6) is -0.357. The number of anilines is 1. The summed E-state index contributed by atoms with van der Waals surface area (Å²) >= 11 is 1.66. The maximum atomic E-state index is 13.2. The second kappa shape index (κ2) is 9.32. The van der Waals surface area contributed by atoms with Crippen molar-refractivity contribution in [3.05, 3.63) is 81.5 Å². The van der Waals surface area contributed by atoms with E-state index in [1.54, 1.807) is 29.5 Å². The molecule has 31 heavy (non-hydrogen) atoms. The van der Waals surface area contributed by atoms with Gasteiger partial charge in [0.15, 0.2) is 0 Å². The molecule has 3 aromatic rings. The van der Waals surface area contributed by atoms with E-state index in [9.17, 15) is 13.2 Å². The molecule has 0 aliphatic carbocycles. The molecule has 2 aromatic carbocycles. The molecular formula is C23H24N2O4S2. The molecule has 0 unspecified atom stereocenters. The number of carbonyl (C=O) groups excluding carboxylic acids is 1. The minimum atomic E-state index is -3.69. The van der Waals surface area contributed by atoms with Crippen LogP contribution in [0.1, 0.15) is 33.3 Å². The number of carbonyl (C=O) groups is 1. The lowest BCUT2D eigenvalue weighted by Gasteiger charge is -2.26. The summed E-state index contributed by atoms with van der Waals surface area (Å²) in [6, 6.07) is 15.6. The van der Waals surface area contributed by atoms with Gasteiger partial charge >= 0.3 is 0 Å². The van der Waals surface area contributed by atoms with Gasteiger partial charge in [-0.2, -0.15) is 4.31 Å². The van der Waals surface area contributed by atoms with Crippen LogP contribution in [0.2, 0.25) is 0 Å². The Morgan fingerprint density at radius 2 is 2.00 bits per heavy atom. The van der Waals surface area contributed by atoms with Crippen LogP contribution in [0.5, 0.6) is 0 Å². The minimum Gasteiger partial charge on any atom is -0.377 e. The molecule has 0 radical (unpaired) electrons. The van der Waals surface area contributed by atoms with Gasteiger partial charge in [-0.25, -0.2) is 8.42 Å². The largest absolute Gasteiger partial charge is 0.377 e. The second-order valence-electron chi connectivity index (χ2n) is 7.28. The standard InChI is InChI=1S/C23H24N2O4S2/c1-2-29-16-17-5-3-7-20(13-17)24-23(26)18-6-4-8-21(14-18)31(27,28)25-11-9-22-19(15-25)10-12-30-22/h3-8,10,12-14H,2,9,11,15-16H2,1H3,(H,24,26). The van der Waals surface area contributed by atoms with Gasteiger partial charge < -0.3 is 10.1 Å². The van der Waals surface area contributed by atoms with Crippen LogP contribution in [-0.4, -0.2) is 31.8 Å². The number of rotatable bonds is 7. The first kappa shape index (κ1) is 21.7. The second-order valence-corrected chi connectivity index (χ2v) is 10.2. The minimum absolute atomic E-state index is 0.129. The number of nitrogens with zero attached hydrogens (tertiary/aromatic N) is 1. The number of amides is 1.